The Bertz CT molecular complexity index is 612. The Kier molecular flexibility index (Phi) is 6.80. The third kappa shape index (κ3) is 6.21. The van der Waals surface area contributed by atoms with Crippen LogP contribution >= 0.6 is 11.8 Å². The molecule has 1 aliphatic heterocycles. The molecule has 2 aliphatic rings. The highest BCUT2D eigenvalue weighted by atomic mass is 32.2. The lowest BCUT2D eigenvalue weighted by molar-refractivity contribution is -0.120. The number of benzene rings is 1. The number of carbonyl (C=O) groups excluding carboxylic acids is 2. The molecule has 1 saturated heterocycles. The van der Waals surface area contributed by atoms with Crippen LogP contribution in [0.2, 0.25) is 0 Å². The van der Waals surface area contributed by atoms with Crippen LogP contribution in [0.5, 0.6) is 0 Å². The number of hydrogen-bond acceptors (Lipinski definition) is 5. The molecule has 1 unspecified atom stereocenters. The minimum Gasteiger partial charge on any atom is -0.374 e. The molecule has 0 bridgehead atoms. The summed E-state index contributed by atoms with van der Waals surface area (Å²) in [7, 11) is 0. The van der Waals surface area contributed by atoms with Crippen molar-refractivity contribution in [2.24, 2.45) is 0 Å². The second-order valence-corrected chi connectivity index (χ2v) is 8.23. The van der Waals surface area contributed by atoms with Gasteiger partial charge in [0.05, 0.1) is 0 Å². The number of anilines is 1. The molecule has 1 atom stereocenters. The van der Waals surface area contributed by atoms with E-state index in [0.29, 0.717) is 0 Å². The van der Waals surface area contributed by atoms with Gasteiger partial charge in [0, 0.05) is 42.9 Å². The van der Waals surface area contributed by atoms with Crippen LogP contribution in [0.4, 0.5) is 10.5 Å². The van der Waals surface area contributed by atoms with E-state index in [4.69, 9.17) is 0 Å². The van der Waals surface area contributed by atoms with E-state index in [9.17, 15) is 9.59 Å². The first kappa shape index (κ1) is 19.0. The SMILES string of the molecule is CC(Nc1ccc(CCN2CCSCC2)cc1)C(=O)NC(=O)NC1CC1. The van der Waals surface area contributed by atoms with Gasteiger partial charge in [0.1, 0.15) is 6.04 Å². The van der Waals surface area contributed by atoms with E-state index in [1.165, 1.54) is 30.2 Å². The molecule has 1 heterocycles. The van der Waals surface area contributed by atoms with Gasteiger partial charge in [-0.15, -0.1) is 0 Å². The zero-order chi connectivity index (χ0) is 18.4. The highest BCUT2D eigenvalue weighted by Crippen LogP contribution is 2.18. The molecule has 2 fully saturated rings. The van der Waals surface area contributed by atoms with Gasteiger partial charge in [0.15, 0.2) is 0 Å². The van der Waals surface area contributed by atoms with Crippen molar-refractivity contribution in [1.29, 1.82) is 0 Å². The number of hydrogen-bond donors (Lipinski definition) is 3. The molecule has 3 amide bonds. The molecule has 1 aromatic carbocycles. The topological polar surface area (TPSA) is 73.5 Å². The summed E-state index contributed by atoms with van der Waals surface area (Å²) in [5.74, 6) is 2.15. The van der Waals surface area contributed by atoms with Crippen LogP contribution in [-0.2, 0) is 11.2 Å². The lowest BCUT2D eigenvalue weighted by Gasteiger charge is -2.26. The predicted octanol–water partition coefficient (Wildman–Crippen LogP) is 2.07. The molecule has 7 heteroatoms. The Morgan fingerprint density at radius 2 is 1.88 bits per heavy atom. The van der Waals surface area contributed by atoms with Crippen LogP contribution in [0.1, 0.15) is 25.3 Å². The number of nitrogens with zero attached hydrogens (tertiary/aromatic N) is 1. The standard InChI is InChI=1S/C19H28N4O2S/c1-14(18(24)22-19(25)21-17-6-7-17)20-16-4-2-15(3-5-16)8-9-23-10-12-26-13-11-23/h2-5,14,17,20H,6-13H2,1H3,(H2,21,22,24,25). The van der Waals surface area contributed by atoms with Gasteiger partial charge >= 0.3 is 6.03 Å². The van der Waals surface area contributed by atoms with E-state index >= 15 is 0 Å². The van der Waals surface area contributed by atoms with E-state index in [2.05, 4.69) is 33.0 Å². The van der Waals surface area contributed by atoms with Crippen molar-refractivity contribution < 1.29 is 9.59 Å². The van der Waals surface area contributed by atoms with Crippen molar-refractivity contribution in [1.82, 2.24) is 15.5 Å². The lowest BCUT2D eigenvalue weighted by atomic mass is 10.1. The molecule has 0 spiro atoms. The average Bonchev–Trinajstić information content (AvgIpc) is 3.45. The summed E-state index contributed by atoms with van der Waals surface area (Å²) < 4.78 is 0. The van der Waals surface area contributed by atoms with Crippen molar-refractivity contribution in [3.63, 3.8) is 0 Å². The molecule has 1 aliphatic carbocycles. The van der Waals surface area contributed by atoms with E-state index < -0.39 is 12.1 Å². The van der Waals surface area contributed by atoms with Crippen molar-refractivity contribution in [3.05, 3.63) is 29.8 Å². The molecule has 3 rings (SSSR count). The summed E-state index contributed by atoms with van der Waals surface area (Å²) in [6.45, 7) is 5.22. The summed E-state index contributed by atoms with van der Waals surface area (Å²) >= 11 is 2.03. The average molecular weight is 377 g/mol. The number of carbonyl (C=O) groups is 2. The second kappa shape index (κ2) is 9.28. The zero-order valence-corrected chi connectivity index (χ0v) is 16.1. The van der Waals surface area contributed by atoms with E-state index in [1.807, 2.05) is 23.9 Å². The van der Waals surface area contributed by atoms with Crippen LogP contribution in [0.25, 0.3) is 0 Å². The Labute approximate surface area is 159 Å². The molecular weight excluding hydrogens is 348 g/mol. The third-order valence-corrected chi connectivity index (χ3v) is 5.64. The fourth-order valence-corrected chi connectivity index (χ4v) is 3.84. The maximum Gasteiger partial charge on any atom is 0.321 e. The van der Waals surface area contributed by atoms with E-state index in [-0.39, 0.29) is 11.9 Å². The fourth-order valence-electron chi connectivity index (χ4n) is 2.86. The number of rotatable bonds is 7. The largest absolute Gasteiger partial charge is 0.374 e. The van der Waals surface area contributed by atoms with Crippen molar-refractivity contribution in [3.8, 4) is 0 Å². The van der Waals surface area contributed by atoms with Gasteiger partial charge in [-0.3, -0.25) is 10.1 Å². The summed E-state index contributed by atoms with van der Waals surface area (Å²) in [6.07, 6.45) is 3.04. The Morgan fingerprint density at radius 3 is 2.54 bits per heavy atom. The molecular formula is C19H28N4O2S. The van der Waals surface area contributed by atoms with Gasteiger partial charge < -0.3 is 15.5 Å². The Hall–Kier alpha value is -1.73. The summed E-state index contributed by atoms with van der Waals surface area (Å²) in [5.41, 5.74) is 2.18. The Morgan fingerprint density at radius 1 is 1.19 bits per heavy atom. The quantitative estimate of drug-likeness (QED) is 0.679. The Balaban J connectivity index is 1.40. The number of imide groups is 1. The first-order valence-corrected chi connectivity index (χ1v) is 10.5. The number of thioether (sulfide) groups is 1. The molecule has 26 heavy (non-hydrogen) atoms. The van der Waals surface area contributed by atoms with Crippen LogP contribution in [-0.4, -0.2) is 60.1 Å². The molecule has 1 aromatic rings. The van der Waals surface area contributed by atoms with Gasteiger partial charge in [0.2, 0.25) is 5.91 Å². The van der Waals surface area contributed by atoms with Gasteiger partial charge in [-0.05, 0) is 43.9 Å². The summed E-state index contributed by atoms with van der Waals surface area (Å²) in [5, 5.41) is 8.27. The fraction of sp³-hybridized carbons (Fsp3) is 0.579. The number of nitrogens with one attached hydrogen (secondary N) is 3. The zero-order valence-electron chi connectivity index (χ0n) is 15.3. The van der Waals surface area contributed by atoms with Crippen LogP contribution in [0, 0.1) is 0 Å². The predicted molar refractivity (Wildman–Crippen MR) is 107 cm³/mol. The van der Waals surface area contributed by atoms with Crippen LogP contribution in [0.3, 0.4) is 0 Å². The first-order chi connectivity index (χ1) is 12.6. The van der Waals surface area contributed by atoms with E-state index in [0.717, 1.165) is 31.5 Å². The maximum atomic E-state index is 12.1. The molecule has 0 radical (unpaired) electrons. The van der Waals surface area contributed by atoms with E-state index in [1.54, 1.807) is 6.92 Å². The maximum absolute atomic E-state index is 12.1. The van der Waals surface area contributed by atoms with Crippen LogP contribution < -0.4 is 16.0 Å². The van der Waals surface area contributed by atoms with Crippen molar-refractivity contribution in [2.75, 3.05) is 36.5 Å². The molecule has 1 saturated carbocycles. The molecule has 142 valence electrons. The highest BCUT2D eigenvalue weighted by molar-refractivity contribution is 7.99. The summed E-state index contributed by atoms with van der Waals surface area (Å²) in [4.78, 5) is 26.2. The minimum absolute atomic E-state index is 0.238. The van der Waals surface area contributed by atoms with Gasteiger partial charge in [-0.1, -0.05) is 12.1 Å². The lowest BCUT2D eigenvalue weighted by Crippen LogP contribution is -2.46. The second-order valence-electron chi connectivity index (χ2n) is 7.00. The molecule has 0 aromatic heterocycles. The normalized spacial score (nSPS) is 18.8. The monoisotopic (exact) mass is 376 g/mol. The van der Waals surface area contributed by atoms with Gasteiger partial charge in [-0.25, -0.2) is 4.79 Å². The highest BCUT2D eigenvalue weighted by Gasteiger charge is 2.24. The van der Waals surface area contributed by atoms with Crippen LogP contribution in [0.15, 0.2) is 24.3 Å². The minimum atomic E-state index is -0.475. The van der Waals surface area contributed by atoms with Gasteiger partial charge in [0.25, 0.3) is 0 Å². The third-order valence-electron chi connectivity index (χ3n) is 4.70. The van der Waals surface area contributed by atoms with Crippen molar-refractivity contribution >= 4 is 29.4 Å². The number of amides is 3. The summed E-state index contributed by atoms with van der Waals surface area (Å²) in [6, 6.07) is 7.55. The smallest absolute Gasteiger partial charge is 0.321 e. The van der Waals surface area contributed by atoms with Gasteiger partial charge in [-0.2, -0.15) is 11.8 Å². The molecule has 6 nitrogen and oxygen atoms in total. The molecule has 3 N–H and O–H groups in total. The number of urea groups is 1. The van der Waals surface area contributed by atoms with Crippen molar-refractivity contribution in [2.45, 2.75) is 38.3 Å². The first-order valence-electron chi connectivity index (χ1n) is 9.37.